The molecule has 0 spiro atoms. The van der Waals surface area contributed by atoms with Gasteiger partial charge >= 0.3 is 5.97 Å². The normalized spacial score (nSPS) is 11.2. The molecule has 1 atom stereocenters. The molecule has 0 saturated carbocycles. The van der Waals surface area contributed by atoms with Crippen molar-refractivity contribution >= 4 is 23.5 Å². The Kier molecular flexibility index (Phi) is 5.94. The zero-order valence-electron chi connectivity index (χ0n) is 11.3. The summed E-state index contributed by atoms with van der Waals surface area (Å²) in [5.74, 6) is -2.19. The second-order valence-electron chi connectivity index (χ2n) is 4.29. The monoisotopic (exact) mass is 291 g/mol. The van der Waals surface area contributed by atoms with E-state index in [1.165, 1.54) is 18.2 Å². The summed E-state index contributed by atoms with van der Waals surface area (Å²) >= 11 is 0. The lowest BCUT2D eigenvalue weighted by Gasteiger charge is -2.13. The molecule has 0 saturated heterocycles. The number of anilines is 1. The van der Waals surface area contributed by atoms with Crippen LogP contribution in [-0.4, -0.2) is 35.5 Å². The highest BCUT2D eigenvalue weighted by Gasteiger charge is 2.18. The highest BCUT2D eigenvalue weighted by molar-refractivity contribution is 5.97. The number of hydrogen-bond acceptors (Lipinski definition) is 4. The first kappa shape index (κ1) is 16.2. The third-order valence-electron chi connectivity index (χ3n) is 2.62. The molecule has 0 aromatic heterocycles. The van der Waals surface area contributed by atoms with Gasteiger partial charge in [-0.05, 0) is 30.7 Å². The maximum Gasteiger partial charge on any atom is 0.326 e. The average molecular weight is 291 g/mol. The fourth-order valence-corrected chi connectivity index (χ4v) is 1.53. The topological polar surface area (TPSA) is 122 Å². The molecule has 0 aliphatic rings. The fourth-order valence-electron chi connectivity index (χ4n) is 1.53. The van der Waals surface area contributed by atoms with E-state index in [-0.39, 0.29) is 13.0 Å². The van der Waals surface area contributed by atoms with Crippen molar-refractivity contribution < 1.29 is 19.5 Å². The van der Waals surface area contributed by atoms with E-state index in [0.29, 0.717) is 11.3 Å². The van der Waals surface area contributed by atoms with Crippen molar-refractivity contribution in [2.24, 2.45) is 0 Å². The molecule has 1 aromatic rings. The highest BCUT2D eigenvalue weighted by Crippen LogP contribution is 2.04. The van der Waals surface area contributed by atoms with Gasteiger partial charge in [-0.15, -0.1) is 6.58 Å². The summed E-state index contributed by atoms with van der Waals surface area (Å²) in [6, 6.07) is 5.14. The first-order chi connectivity index (χ1) is 9.93. The molecule has 7 heteroatoms. The van der Waals surface area contributed by atoms with Crippen molar-refractivity contribution in [1.82, 2.24) is 10.6 Å². The fraction of sp³-hybridized carbons (Fsp3) is 0.214. The van der Waals surface area contributed by atoms with Crippen LogP contribution in [-0.2, 0) is 9.59 Å². The molecular formula is C14H17N3O4. The Balaban J connectivity index is 2.48. The van der Waals surface area contributed by atoms with Gasteiger partial charge in [-0.1, -0.05) is 6.08 Å². The Morgan fingerprint density at radius 2 is 1.90 bits per heavy atom. The van der Waals surface area contributed by atoms with E-state index in [9.17, 15) is 14.4 Å². The number of carboxylic acid groups (broad SMARTS) is 1. The Labute approximate surface area is 121 Å². The third-order valence-corrected chi connectivity index (χ3v) is 2.62. The van der Waals surface area contributed by atoms with Crippen LogP contribution in [0.5, 0.6) is 0 Å². The number of rotatable bonds is 7. The number of carbonyl (C=O) groups excluding carboxylic acids is 2. The summed E-state index contributed by atoms with van der Waals surface area (Å²) in [5, 5.41) is 13.6. The van der Waals surface area contributed by atoms with Crippen molar-refractivity contribution in [2.45, 2.75) is 12.5 Å². The molecule has 7 nitrogen and oxygen atoms in total. The number of aliphatic carboxylic acids is 1. The Morgan fingerprint density at radius 3 is 2.43 bits per heavy atom. The zero-order valence-corrected chi connectivity index (χ0v) is 11.3. The standard InChI is InChI=1S/C14H17N3O4/c1-2-3-11(14(20)21)17-12(18)8-16-13(19)9-4-6-10(15)7-5-9/h2,4-7,11H,1,3,8,15H2,(H,16,19)(H,17,18)(H,20,21). The summed E-state index contributed by atoms with van der Waals surface area (Å²) in [6.07, 6.45) is 1.50. The van der Waals surface area contributed by atoms with Gasteiger partial charge in [0, 0.05) is 11.3 Å². The van der Waals surface area contributed by atoms with Gasteiger partial charge in [-0.25, -0.2) is 4.79 Å². The number of nitrogen functional groups attached to an aromatic ring is 1. The van der Waals surface area contributed by atoms with Crippen LogP contribution in [0.1, 0.15) is 16.8 Å². The minimum absolute atomic E-state index is 0.104. The van der Waals surface area contributed by atoms with Gasteiger partial charge in [-0.2, -0.15) is 0 Å². The van der Waals surface area contributed by atoms with Crippen LogP contribution in [0, 0.1) is 0 Å². The van der Waals surface area contributed by atoms with E-state index in [1.54, 1.807) is 12.1 Å². The number of amides is 2. The molecule has 0 aliphatic carbocycles. The van der Waals surface area contributed by atoms with Crippen LogP contribution in [0.25, 0.3) is 0 Å². The zero-order chi connectivity index (χ0) is 15.8. The molecule has 0 bridgehead atoms. The molecule has 0 heterocycles. The van der Waals surface area contributed by atoms with Crippen LogP contribution in [0.15, 0.2) is 36.9 Å². The number of benzene rings is 1. The SMILES string of the molecule is C=CCC(NC(=O)CNC(=O)c1ccc(N)cc1)C(=O)O. The largest absolute Gasteiger partial charge is 0.480 e. The van der Waals surface area contributed by atoms with E-state index >= 15 is 0 Å². The summed E-state index contributed by atoms with van der Waals surface area (Å²) in [6.45, 7) is 3.10. The maximum atomic E-state index is 11.7. The number of carbonyl (C=O) groups is 3. The number of carboxylic acids is 1. The minimum atomic E-state index is -1.16. The van der Waals surface area contributed by atoms with Gasteiger partial charge < -0.3 is 21.5 Å². The lowest BCUT2D eigenvalue weighted by atomic mass is 10.2. The molecule has 0 radical (unpaired) electrons. The third kappa shape index (κ3) is 5.35. The van der Waals surface area contributed by atoms with Crippen LogP contribution < -0.4 is 16.4 Å². The molecule has 0 aliphatic heterocycles. The second-order valence-corrected chi connectivity index (χ2v) is 4.29. The summed E-state index contributed by atoms with van der Waals surface area (Å²) in [4.78, 5) is 34.2. The molecule has 2 amide bonds. The summed E-state index contributed by atoms with van der Waals surface area (Å²) in [5.41, 5.74) is 6.39. The van der Waals surface area contributed by atoms with Gasteiger partial charge in [0.2, 0.25) is 5.91 Å². The smallest absolute Gasteiger partial charge is 0.326 e. The van der Waals surface area contributed by atoms with E-state index in [2.05, 4.69) is 17.2 Å². The van der Waals surface area contributed by atoms with E-state index < -0.39 is 23.8 Å². The van der Waals surface area contributed by atoms with Crippen molar-refractivity contribution in [2.75, 3.05) is 12.3 Å². The van der Waals surface area contributed by atoms with Gasteiger partial charge in [0.1, 0.15) is 6.04 Å². The molecular weight excluding hydrogens is 274 g/mol. The van der Waals surface area contributed by atoms with Gasteiger partial charge in [0.05, 0.1) is 6.54 Å². The maximum absolute atomic E-state index is 11.7. The Hall–Kier alpha value is -2.83. The van der Waals surface area contributed by atoms with Gasteiger partial charge in [-0.3, -0.25) is 9.59 Å². The van der Waals surface area contributed by atoms with Gasteiger partial charge in [0.25, 0.3) is 5.91 Å². The van der Waals surface area contributed by atoms with Crippen LogP contribution in [0.3, 0.4) is 0 Å². The van der Waals surface area contributed by atoms with Crippen molar-refractivity contribution in [3.63, 3.8) is 0 Å². The van der Waals surface area contributed by atoms with Crippen LogP contribution >= 0.6 is 0 Å². The first-order valence-electron chi connectivity index (χ1n) is 6.21. The van der Waals surface area contributed by atoms with E-state index in [0.717, 1.165) is 0 Å². The summed E-state index contributed by atoms with van der Waals surface area (Å²) < 4.78 is 0. The summed E-state index contributed by atoms with van der Waals surface area (Å²) in [7, 11) is 0. The number of nitrogens with one attached hydrogen (secondary N) is 2. The average Bonchev–Trinajstić information content (AvgIpc) is 2.45. The van der Waals surface area contributed by atoms with Crippen molar-refractivity contribution in [1.29, 1.82) is 0 Å². The highest BCUT2D eigenvalue weighted by atomic mass is 16.4. The second kappa shape index (κ2) is 7.68. The van der Waals surface area contributed by atoms with E-state index in [4.69, 9.17) is 10.8 Å². The lowest BCUT2D eigenvalue weighted by Crippen LogP contribution is -2.45. The lowest BCUT2D eigenvalue weighted by molar-refractivity contribution is -0.141. The molecule has 5 N–H and O–H groups in total. The predicted molar refractivity (Wildman–Crippen MR) is 77.6 cm³/mol. The molecule has 1 aromatic carbocycles. The quantitative estimate of drug-likeness (QED) is 0.420. The van der Waals surface area contributed by atoms with Crippen molar-refractivity contribution in [3.8, 4) is 0 Å². The van der Waals surface area contributed by atoms with Gasteiger partial charge in [0.15, 0.2) is 0 Å². The first-order valence-corrected chi connectivity index (χ1v) is 6.21. The van der Waals surface area contributed by atoms with Crippen LogP contribution in [0.4, 0.5) is 5.69 Å². The Bertz CT molecular complexity index is 540. The Morgan fingerprint density at radius 1 is 1.29 bits per heavy atom. The predicted octanol–water partition coefficient (Wildman–Crippen LogP) is 0.144. The van der Waals surface area contributed by atoms with E-state index in [1.807, 2.05) is 0 Å². The number of nitrogens with two attached hydrogens (primary N) is 1. The van der Waals surface area contributed by atoms with Crippen LogP contribution in [0.2, 0.25) is 0 Å². The molecule has 0 fully saturated rings. The van der Waals surface area contributed by atoms with Crippen molar-refractivity contribution in [3.05, 3.63) is 42.5 Å². The molecule has 1 rings (SSSR count). The molecule has 21 heavy (non-hydrogen) atoms. The minimum Gasteiger partial charge on any atom is -0.480 e. The molecule has 1 unspecified atom stereocenters. The number of hydrogen-bond donors (Lipinski definition) is 4. The molecule has 112 valence electrons.